The molecule has 3 N–H and O–H groups in total. The smallest absolute Gasteiger partial charge is 0.305 e. The van der Waals surface area contributed by atoms with Crippen LogP contribution in [0, 0.1) is 5.92 Å². The first kappa shape index (κ1) is 18.3. The predicted molar refractivity (Wildman–Crippen MR) is 93.1 cm³/mol. The number of ether oxygens (including phenoxy) is 2. The highest BCUT2D eigenvalue weighted by molar-refractivity contribution is 5.84. The first-order chi connectivity index (χ1) is 12.3. The third-order valence-electron chi connectivity index (χ3n) is 4.86. The number of hydrogen-bond donors (Lipinski definition) is 2. The average Bonchev–Trinajstić information content (AvgIpc) is 3.11. The van der Waals surface area contributed by atoms with Crippen molar-refractivity contribution >= 4 is 28.9 Å². The molecule has 9 nitrogen and oxygen atoms in total. The van der Waals surface area contributed by atoms with Gasteiger partial charge in [0.15, 0.2) is 28.9 Å². The number of nitrogens with zero attached hydrogens (tertiary/aromatic N) is 4. The van der Waals surface area contributed by atoms with E-state index in [1.54, 1.807) is 20.9 Å². The molecule has 4 atom stereocenters. The fourth-order valence-electron chi connectivity index (χ4n) is 3.08. The molecule has 3 heterocycles. The SMILES string of the molecule is CCC(=O)OC[C@H]1O[C@@H](n2cnc3c(NC)nc(N)nc32)[C@](C)(F)[C@@H]1C. The van der Waals surface area contributed by atoms with Crippen LogP contribution in [0.5, 0.6) is 0 Å². The van der Waals surface area contributed by atoms with Gasteiger partial charge < -0.3 is 20.5 Å². The summed E-state index contributed by atoms with van der Waals surface area (Å²) in [4.78, 5) is 23.9. The minimum atomic E-state index is -1.73. The number of carbonyl (C=O) groups excluding carboxylic acids is 1. The molecule has 0 radical (unpaired) electrons. The van der Waals surface area contributed by atoms with Gasteiger partial charge in [-0.2, -0.15) is 9.97 Å². The van der Waals surface area contributed by atoms with Gasteiger partial charge in [0.25, 0.3) is 0 Å². The fraction of sp³-hybridized carbons (Fsp3) is 0.625. The second kappa shape index (κ2) is 6.67. The third-order valence-corrected chi connectivity index (χ3v) is 4.86. The zero-order valence-electron chi connectivity index (χ0n) is 15.2. The average molecular weight is 366 g/mol. The molecule has 26 heavy (non-hydrogen) atoms. The van der Waals surface area contributed by atoms with Crippen LogP contribution >= 0.6 is 0 Å². The van der Waals surface area contributed by atoms with Crippen molar-refractivity contribution in [3.63, 3.8) is 0 Å². The van der Waals surface area contributed by atoms with Gasteiger partial charge in [0.1, 0.15) is 12.7 Å². The van der Waals surface area contributed by atoms with Crippen LogP contribution in [0.25, 0.3) is 11.2 Å². The predicted octanol–water partition coefficient (Wildman–Crippen LogP) is 1.67. The maximum absolute atomic E-state index is 15.5. The number of imidazole rings is 1. The topological polar surface area (TPSA) is 117 Å². The van der Waals surface area contributed by atoms with Crippen molar-refractivity contribution in [3.8, 4) is 0 Å². The summed E-state index contributed by atoms with van der Waals surface area (Å²) in [6.07, 6.45) is 0.153. The molecule has 0 aromatic carbocycles. The largest absolute Gasteiger partial charge is 0.463 e. The number of hydrogen-bond acceptors (Lipinski definition) is 8. The molecule has 10 heteroatoms. The van der Waals surface area contributed by atoms with Crippen molar-refractivity contribution in [2.24, 2.45) is 5.92 Å². The Hall–Kier alpha value is -2.49. The van der Waals surface area contributed by atoms with Crippen LogP contribution < -0.4 is 11.1 Å². The van der Waals surface area contributed by atoms with E-state index in [4.69, 9.17) is 15.2 Å². The number of nitrogens with one attached hydrogen (secondary N) is 1. The molecule has 0 spiro atoms. The fourth-order valence-corrected chi connectivity index (χ4v) is 3.08. The lowest BCUT2D eigenvalue weighted by atomic mass is 9.90. The summed E-state index contributed by atoms with van der Waals surface area (Å²) in [7, 11) is 1.69. The number of carbonyl (C=O) groups is 1. The molecule has 3 rings (SSSR count). The van der Waals surface area contributed by atoms with E-state index >= 15 is 4.39 Å². The standard InChI is InChI=1S/C16H23FN6O3/c1-5-10(24)25-6-9-8(2)16(3,17)14(26-9)23-7-20-11-12(19-4)21-15(18)22-13(11)23/h7-9,14H,5-6H2,1-4H3,(H3,18,19,21,22)/t8-,9-,14-,16-/m1/s1. The summed E-state index contributed by atoms with van der Waals surface area (Å²) < 4.78 is 28.0. The highest BCUT2D eigenvalue weighted by Gasteiger charge is 2.53. The van der Waals surface area contributed by atoms with Gasteiger partial charge in [-0.1, -0.05) is 13.8 Å². The molecule has 0 saturated carbocycles. The highest BCUT2D eigenvalue weighted by Crippen LogP contribution is 2.46. The lowest BCUT2D eigenvalue weighted by Crippen LogP contribution is -2.34. The quantitative estimate of drug-likeness (QED) is 0.767. The Morgan fingerprint density at radius 3 is 2.92 bits per heavy atom. The zero-order chi connectivity index (χ0) is 19.1. The molecule has 1 aliphatic rings. The van der Waals surface area contributed by atoms with Crippen molar-refractivity contribution in [1.82, 2.24) is 19.5 Å². The number of rotatable bonds is 5. The lowest BCUT2D eigenvalue weighted by Gasteiger charge is -2.25. The Bertz CT molecular complexity index is 824. The van der Waals surface area contributed by atoms with Crippen molar-refractivity contribution in [3.05, 3.63) is 6.33 Å². The molecule has 142 valence electrons. The van der Waals surface area contributed by atoms with E-state index in [9.17, 15) is 4.79 Å². The van der Waals surface area contributed by atoms with Crippen molar-refractivity contribution in [1.29, 1.82) is 0 Å². The van der Waals surface area contributed by atoms with E-state index in [2.05, 4.69) is 20.3 Å². The molecule has 0 aliphatic carbocycles. The maximum atomic E-state index is 15.5. The molecular formula is C16H23FN6O3. The molecule has 0 unspecified atom stereocenters. The molecule has 1 saturated heterocycles. The third kappa shape index (κ3) is 2.94. The van der Waals surface area contributed by atoms with Gasteiger partial charge in [-0.25, -0.2) is 9.37 Å². The van der Waals surface area contributed by atoms with Crippen molar-refractivity contribution in [2.75, 3.05) is 24.7 Å². The van der Waals surface area contributed by atoms with E-state index in [0.717, 1.165) is 0 Å². The first-order valence-electron chi connectivity index (χ1n) is 8.47. The van der Waals surface area contributed by atoms with Gasteiger partial charge in [0.05, 0.1) is 6.33 Å². The van der Waals surface area contributed by atoms with Crippen molar-refractivity contribution in [2.45, 2.75) is 45.2 Å². The highest BCUT2D eigenvalue weighted by atomic mass is 19.1. The normalized spacial score (nSPS) is 28.4. The second-order valence-electron chi connectivity index (χ2n) is 6.51. The summed E-state index contributed by atoms with van der Waals surface area (Å²) in [6, 6.07) is 0. The van der Waals surface area contributed by atoms with Crippen LogP contribution in [-0.4, -0.2) is 50.9 Å². The minimum absolute atomic E-state index is 0.00459. The van der Waals surface area contributed by atoms with Gasteiger partial charge in [-0.05, 0) is 6.92 Å². The minimum Gasteiger partial charge on any atom is -0.463 e. The van der Waals surface area contributed by atoms with E-state index in [0.29, 0.717) is 17.0 Å². The number of anilines is 2. The first-order valence-corrected chi connectivity index (χ1v) is 8.47. The van der Waals surface area contributed by atoms with Crippen LogP contribution in [0.4, 0.5) is 16.2 Å². The molecule has 1 aliphatic heterocycles. The van der Waals surface area contributed by atoms with E-state index in [-0.39, 0.29) is 24.9 Å². The summed E-state index contributed by atoms with van der Waals surface area (Å²) in [5, 5.41) is 2.89. The Morgan fingerprint density at radius 1 is 1.54 bits per heavy atom. The Labute approximate surface area is 150 Å². The summed E-state index contributed by atoms with van der Waals surface area (Å²) >= 11 is 0. The molecule has 1 fully saturated rings. The number of nitrogen functional groups attached to an aromatic ring is 1. The number of halogens is 1. The number of aromatic nitrogens is 4. The summed E-state index contributed by atoms with van der Waals surface area (Å²) in [6.45, 7) is 4.88. The van der Waals surface area contributed by atoms with Crippen LogP contribution in [0.3, 0.4) is 0 Å². The van der Waals surface area contributed by atoms with Crippen LogP contribution in [-0.2, 0) is 14.3 Å². The van der Waals surface area contributed by atoms with Crippen LogP contribution in [0.15, 0.2) is 6.33 Å². The number of alkyl halides is 1. The Morgan fingerprint density at radius 2 is 2.27 bits per heavy atom. The molecule has 0 amide bonds. The Kier molecular flexibility index (Phi) is 4.70. The zero-order valence-corrected chi connectivity index (χ0v) is 15.2. The summed E-state index contributed by atoms with van der Waals surface area (Å²) in [5.74, 6) is -0.357. The molecular weight excluding hydrogens is 343 g/mol. The number of esters is 1. The summed E-state index contributed by atoms with van der Waals surface area (Å²) in [5.41, 5.74) is 4.86. The molecule has 2 aromatic heterocycles. The monoisotopic (exact) mass is 366 g/mol. The van der Waals surface area contributed by atoms with E-state index in [1.807, 2.05) is 0 Å². The lowest BCUT2D eigenvalue weighted by molar-refractivity contribution is -0.148. The molecule has 2 aromatic rings. The van der Waals surface area contributed by atoms with Crippen LogP contribution in [0.2, 0.25) is 0 Å². The van der Waals surface area contributed by atoms with Gasteiger partial charge >= 0.3 is 5.97 Å². The van der Waals surface area contributed by atoms with Gasteiger partial charge in [-0.3, -0.25) is 9.36 Å². The van der Waals surface area contributed by atoms with Gasteiger partial charge in [-0.15, -0.1) is 0 Å². The van der Waals surface area contributed by atoms with E-state index in [1.165, 1.54) is 17.8 Å². The van der Waals surface area contributed by atoms with Gasteiger partial charge in [0, 0.05) is 19.4 Å². The van der Waals surface area contributed by atoms with E-state index < -0.39 is 23.9 Å². The number of nitrogens with two attached hydrogens (primary N) is 1. The molecule has 0 bridgehead atoms. The van der Waals surface area contributed by atoms with Gasteiger partial charge in [0.2, 0.25) is 5.95 Å². The van der Waals surface area contributed by atoms with Crippen molar-refractivity contribution < 1.29 is 18.7 Å². The maximum Gasteiger partial charge on any atom is 0.305 e. The second-order valence-corrected chi connectivity index (χ2v) is 6.51. The Balaban J connectivity index is 1.95. The van der Waals surface area contributed by atoms with Crippen LogP contribution in [0.1, 0.15) is 33.4 Å². The number of fused-ring (bicyclic) bond motifs is 1.